The van der Waals surface area contributed by atoms with Crippen molar-refractivity contribution in [3.05, 3.63) is 53.9 Å². The maximum atomic E-state index is 15.0. The summed E-state index contributed by atoms with van der Waals surface area (Å²) in [7, 11) is -3.95. The van der Waals surface area contributed by atoms with Crippen molar-refractivity contribution in [3.63, 3.8) is 0 Å². The maximum Gasteiger partial charge on any atom is 0.408 e. The molecule has 3 N–H and O–H groups in total. The summed E-state index contributed by atoms with van der Waals surface area (Å²) >= 11 is 0. The molecule has 17 heteroatoms. The number of fused-ring (bicyclic) bond motifs is 6. The number of rotatable bonds is 8. The zero-order valence-corrected chi connectivity index (χ0v) is 35.8. The van der Waals surface area contributed by atoms with Crippen LogP contribution in [0.2, 0.25) is 0 Å². The number of benzene rings is 2. The third-order valence-electron chi connectivity index (χ3n) is 11.8. The van der Waals surface area contributed by atoms with Crippen LogP contribution in [0.3, 0.4) is 0 Å². The van der Waals surface area contributed by atoms with E-state index in [4.69, 9.17) is 23.6 Å². The van der Waals surface area contributed by atoms with Gasteiger partial charge in [-0.15, -0.1) is 0 Å². The number of pyridine rings is 1. The van der Waals surface area contributed by atoms with E-state index in [1.165, 1.54) is 23.1 Å². The molecule has 326 valence electrons. The number of amides is 4. The normalized spacial score (nSPS) is 25.0. The third-order valence-corrected chi connectivity index (χ3v) is 13.6. The van der Waals surface area contributed by atoms with E-state index < -0.39 is 80.2 Å². The van der Waals surface area contributed by atoms with Crippen LogP contribution in [-0.2, 0) is 29.1 Å². The van der Waals surface area contributed by atoms with Crippen LogP contribution in [-0.4, -0.2) is 89.8 Å². The Labute approximate surface area is 353 Å². The number of alkyl carbamates (subject to hydrolysis) is 1. The predicted octanol–water partition coefficient (Wildman–Crippen LogP) is 6.23. The van der Waals surface area contributed by atoms with E-state index >= 15 is 0 Å². The SMILES string of the molecule is CCOc1ccc2c(oc3c(O[C@@H]4C[C@H]5C(=O)N[C@]6(C(=O)NS(=O)(=O)C7CC7)C[C@H]6C=CCCCCC[C@H](NC(=O)OC(C)(C)C)C(=O)N5C4)c4cc(F)ccc4nc32)c1C. The first-order valence-corrected chi connectivity index (χ1v) is 22.6. The van der Waals surface area contributed by atoms with Gasteiger partial charge in [-0.3, -0.25) is 19.1 Å². The van der Waals surface area contributed by atoms with Crippen LogP contribution >= 0.6 is 0 Å². The van der Waals surface area contributed by atoms with Gasteiger partial charge in [-0.05, 0) is 103 Å². The Hall–Kier alpha value is -5.45. The molecule has 61 heavy (non-hydrogen) atoms. The summed E-state index contributed by atoms with van der Waals surface area (Å²) in [6.07, 6.45) is 6.00. The van der Waals surface area contributed by atoms with E-state index in [2.05, 4.69) is 15.4 Å². The standard InChI is InChI=1S/C44H52FN5O10S/c1-6-57-34-19-17-29-35-38(59-36(29)24(34)2)37(30-20-26(45)14-18-31(30)46-35)58-27-21-33-39(51)48-44(41(53)49-61(55,56)28-15-16-28)22-25(44)12-10-8-7-9-11-13-32(40(52)50(33)23-27)47-42(54)60-43(3,4)5/h10,12,14,17-20,25,27-28,32-33H,6-9,11,13,15-16,21-23H2,1-5H3,(H,47,54)(H,48,51)(H,49,53)/t25-,27-,32+,33+,44-/m1/s1. The molecular weight excluding hydrogens is 810 g/mol. The fourth-order valence-electron chi connectivity index (χ4n) is 8.45. The van der Waals surface area contributed by atoms with Crippen molar-refractivity contribution in [3.8, 4) is 11.5 Å². The van der Waals surface area contributed by atoms with Crippen LogP contribution < -0.4 is 24.8 Å². The van der Waals surface area contributed by atoms with Gasteiger partial charge < -0.3 is 34.2 Å². The number of aryl methyl sites for hydroxylation is 1. The fraction of sp³-hybridized carbons (Fsp3) is 0.523. The highest BCUT2D eigenvalue weighted by Crippen LogP contribution is 2.47. The summed E-state index contributed by atoms with van der Waals surface area (Å²) in [5, 5.41) is 5.92. The molecule has 0 spiro atoms. The molecule has 4 aromatic rings. The summed E-state index contributed by atoms with van der Waals surface area (Å²) in [6, 6.07) is 5.47. The maximum absolute atomic E-state index is 15.0. The molecule has 2 aromatic heterocycles. The molecule has 4 amide bonds. The molecule has 15 nitrogen and oxygen atoms in total. The minimum Gasteiger partial charge on any atom is -0.493 e. The minimum absolute atomic E-state index is 0.0797. The molecule has 2 aromatic carbocycles. The van der Waals surface area contributed by atoms with Gasteiger partial charge in [0.2, 0.25) is 21.8 Å². The highest BCUT2D eigenvalue weighted by atomic mass is 32.2. The number of nitrogens with one attached hydrogen (secondary N) is 3. The third kappa shape index (κ3) is 8.57. The highest BCUT2D eigenvalue weighted by molar-refractivity contribution is 7.91. The summed E-state index contributed by atoms with van der Waals surface area (Å²) in [6.45, 7) is 9.16. The lowest BCUT2D eigenvalue weighted by molar-refractivity contribution is -0.141. The Morgan fingerprint density at radius 3 is 2.59 bits per heavy atom. The van der Waals surface area contributed by atoms with Crippen LogP contribution in [0.25, 0.3) is 33.0 Å². The second kappa shape index (κ2) is 16.1. The Kier molecular flexibility index (Phi) is 11.2. The van der Waals surface area contributed by atoms with Crippen molar-refractivity contribution in [2.24, 2.45) is 5.92 Å². The van der Waals surface area contributed by atoms with Gasteiger partial charge in [-0.25, -0.2) is 22.6 Å². The van der Waals surface area contributed by atoms with Gasteiger partial charge in [-0.1, -0.05) is 25.0 Å². The number of halogens is 1. The van der Waals surface area contributed by atoms with Crippen molar-refractivity contribution in [1.82, 2.24) is 25.2 Å². The Balaban J connectivity index is 1.18. The molecule has 3 fully saturated rings. The first kappa shape index (κ1) is 42.2. The van der Waals surface area contributed by atoms with Gasteiger partial charge in [0, 0.05) is 28.7 Å². The van der Waals surface area contributed by atoms with Crippen molar-refractivity contribution < 1.29 is 50.6 Å². The molecule has 1 saturated heterocycles. The summed E-state index contributed by atoms with van der Waals surface area (Å²) in [4.78, 5) is 62.6. The van der Waals surface area contributed by atoms with Gasteiger partial charge in [0.15, 0.2) is 11.3 Å². The number of carbonyl (C=O) groups is 4. The largest absolute Gasteiger partial charge is 0.493 e. The number of hydrogen-bond donors (Lipinski definition) is 3. The molecular formula is C44H52FN5O10S. The van der Waals surface area contributed by atoms with E-state index in [0.717, 1.165) is 18.4 Å². The lowest BCUT2D eigenvalue weighted by atomic mass is 10.0. The molecule has 0 unspecified atom stereocenters. The summed E-state index contributed by atoms with van der Waals surface area (Å²) in [5.41, 5.74) is -0.0889. The Bertz CT molecular complexity index is 2570. The van der Waals surface area contributed by atoms with Crippen molar-refractivity contribution >= 4 is 66.8 Å². The van der Waals surface area contributed by atoms with Crippen molar-refractivity contribution in [1.29, 1.82) is 0 Å². The number of sulfonamides is 1. The summed E-state index contributed by atoms with van der Waals surface area (Å²) in [5.74, 6) is -2.34. The zero-order valence-electron chi connectivity index (χ0n) is 35.0. The topological polar surface area (TPSA) is 195 Å². The molecule has 5 atom stereocenters. The predicted molar refractivity (Wildman–Crippen MR) is 224 cm³/mol. The molecule has 4 aliphatic rings. The highest BCUT2D eigenvalue weighted by Gasteiger charge is 2.62. The fourth-order valence-corrected chi connectivity index (χ4v) is 9.82. The Morgan fingerprint density at radius 2 is 1.85 bits per heavy atom. The lowest BCUT2D eigenvalue weighted by Crippen LogP contribution is -2.58. The van der Waals surface area contributed by atoms with Crippen LogP contribution in [0.15, 0.2) is 46.9 Å². The molecule has 4 heterocycles. The van der Waals surface area contributed by atoms with Crippen molar-refractivity contribution in [2.45, 2.75) is 127 Å². The van der Waals surface area contributed by atoms with Gasteiger partial charge in [-0.2, -0.15) is 0 Å². The van der Waals surface area contributed by atoms with E-state index in [-0.39, 0.29) is 37.1 Å². The quantitative estimate of drug-likeness (QED) is 0.170. The van der Waals surface area contributed by atoms with Crippen molar-refractivity contribution in [2.75, 3.05) is 13.2 Å². The Morgan fingerprint density at radius 1 is 1.07 bits per heavy atom. The first-order chi connectivity index (χ1) is 29.0. The number of carbonyl (C=O) groups excluding carboxylic acids is 4. The second-order valence-corrected chi connectivity index (χ2v) is 19.5. The average molecular weight is 862 g/mol. The van der Waals surface area contributed by atoms with Gasteiger partial charge in [0.25, 0.3) is 5.91 Å². The minimum atomic E-state index is -3.95. The van der Waals surface area contributed by atoms with Crippen LogP contribution in [0.5, 0.6) is 11.5 Å². The number of furan rings is 1. The number of aromatic nitrogens is 1. The summed E-state index contributed by atoms with van der Waals surface area (Å²) < 4.78 is 67.7. The second-order valence-electron chi connectivity index (χ2n) is 17.6. The number of nitrogens with zero attached hydrogens (tertiary/aromatic N) is 2. The molecule has 2 aliphatic heterocycles. The monoisotopic (exact) mass is 861 g/mol. The van der Waals surface area contributed by atoms with Gasteiger partial charge in [0.05, 0.1) is 23.9 Å². The van der Waals surface area contributed by atoms with Crippen LogP contribution in [0.1, 0.15) is 91.0 Å². The molecule has 0 radical (unpaired) electrons. The zero-order chi connectivity index (χ0) is 43.4. The van der Waals surface area contributed by atoms with E-state index in [1.807, 2.05) is 38.1 Å². The van der Waals surface area contributed by atoms with Gasteiger partial charge >= 0.3 is 6.09 Å². The molecule has 2 aliphatic carbocycles. The number of allylic oxidation sites excluding steroid dienone is 1. The van der Waals surface area contributed by atoms with E-state index in [9.17, 15) is 32.0 Å². The van der Waals surface area contributed by atoms with E-state index in [1.54, 1.807) is 20.8 Å². The van der Waals surface area contributed by atoms with Crippen LogP contribution in [0.4, 0.5) is 9.18 Å². The molecule has 8 rings (SSSR count). The molecule has 0 bridgehead atoms. The number of hydrogen-bond acceptors (Lipinski definition) is 11. The number of ether oxygens (including phenoxy) is 3. The lowest BCUT2D eigenvalue weighted by Gasteiger charge is -2.30. The molecule has 2 saturated carbocycles. The smallest absolute Gasteiger partial charge is 0.408 e. The van der Waals surface area contributed by atoms with E-state index in [0.29, 0.717) is 65.4 Å². The first-order valence-electron chi connectivity index (χ1n) is 21.1. The average Bonchev–Trinajstić information content (AvgIpc) is 4.09. The van der Waals surface area contributed by atoms with Crippen LogP contribution in [0, 0.1) is 18.7 Å². The van der Waals surface area contributed by atoms with Gasteiger partial charge in [0.1, 0.15) is 52.0 Å².